The van der Waals surface area contributed by atoms with Crippen LogP contribution in [0.3, 0.4) is 0 Å². The van der Waals surface area contributed by atoms with Crippen LogP contribution in [0.4, 0.5) is 0 Å². The summed E-state index contributed by atoms with van der Waals surface area (Å²) in [6.45, 7) is 2.22. The third-order valence-corrected chi connectivity index (χ3v) is 2.26. The average Bonchev–Trinajstić information content (AvgIpc) is 2.81. The molecule has 0 radical (unpaired) electrons. The summed E-state index contributed by atoms with van der Waals surface area (Å²) in [5.41, 5.74) is 1.42. The summed E-state index contributed by atoms with van der Waals surface area (Å²) in [6, 6.07) is 0. The van der Waals surface area contributed by atoms with E-state index in [2.05, 4.69) is 10.1 Å². The number of hydrogen-bond donors (Lipinski definition) is 3. The van der Waals surface area contributed by atoms with Crippen molar-refractivity contribution in [3.63, 3.8) is 0 Å². The molecule has 1 rings (SSSR count). The third kappa shape index (κ3) is 3.79. The number of amides is 2. The maximum Gasteiger partial charge on any atom is 0.314 e. The van der Waals surface area contributed by atoms with E-state index < -0.39 is 5.91 Å². The van der Waals surface area contributed by atoms with Gasteiger partial charge < -0.3 is 10.0 Å². The molecular weight excluding hydrogens is 242 g/mol. The SMILES string of the molecule is CC(=O)N(CCO)CCn1cnc(C(=O)NO)n1. The Bertz CT molecular complexity index is 419. The molecule has 3 N–H and O–H groups in total. The van der Waals surface area contributed by atoms with Crippen molar-refractivity contribution >= 4 is 11.8 Å². The second kappa shape index (κ2) is 6.67. The van der Waals surface area contributed by atoms with Crippen LogP contribution >= 0.6 is 0 Å². The van der Waals surface area contributed by atoms with Gasteiger partial charge in [0.25, 0.3) is 0 Å². The summed E-state index contributed by atoms with van der Waals surface area (Å²) >= 11 is 0. The average molecular weight is 257 g/mol. The summed E-state index contributed by atoms with van der Waals surface area (Å²) in [7, 11) is 0. The van der Waals surface area contributed by atoms with Crippen LogP contribution in [0.15, 0.2) is 6.33 Å². The zero-order valence-electron chi connectivity index (χ0n) is 9.91. The number of hydroxylamine groups is 1. The van der Waals surface area contributed by atoms with E-state index in [1.807, 2.05) is 0 Å². The molecule has 0 aliphatic heterocycles. The molecule has 0 saturated carbocycles. The minimum atomic E-state index is -0.799. The first-order valence-corrected chi connectivity index (χ1v) is 5.28. The first-order chi connectivity index (χ1) is 8.58. The van der Waals surface area contributed by atoms with Gasteiger partial charge in [-0.2, -0.15) is 0 Å². The Morgan fingerprint density at radius 1 is 1.50 bits per heavy atom. The molecular formula is C9H15N5O4. The molecule has 9 nitrogen and oxygen atoms in total. The van der Waals surface area contributed by atoms with Crippen LogP contribution in [0.5, 0.6) is 0 Å². The first kappa shape index (κ1) is 14.1. The normalized spacial score (nSPS) is 10.2. The van der Waals surface area contributed by atoms with Crippen LogP contribution in [-0.2, 0) is 11.3 Å². The second-order valence-corrected chi connectivity index (χ2v) is 3.50. The third-order valence-electron chi connectivity index (χ3n) is 2.26. The zero-order valence-corrected chi connectivity index (χ0v) is 9.91. The molecule has 2 amide bonds. The van der Waals surface area contributed by atoms with Crippen molar-refractivity contribution in [1.82, 2.24) is 25.1 Å². The van der Waals surface area contributed by atoms with Crippen molar-refractivity contribution in [3.8, 4) is 0 Å². The molecule has 0 atom stereocenters. The van der Waals surface area contributed by atoms with Gasteiger partial charge in [0.1, 0.15) is 6.33 Å². The molecule has 0 aliphatic rings. The Morgan fingerprint density at radius 3 is 2.78 bits per heavy atom. The van der Waals surface area contributed by atoms with Crippen LogP contribution in [0.1, 0.15) is 17.5 Å². The van der Waals surface area contributed by atoms with Gasteiger partial charge in [-0.3, -0.25) is 19.5 Å². The predicted octanol–water partition coefficient (Wildman–Crippen LogP) is -1.76. The topological polar surface area (TPSA) is 121 Å². The number of nitrogens with one attached hydrogen (secondary N) is 1. The van der Waals surface area contributed by atoms with Crippen LogP contribution in [0, 0.1) is 0 Å². The number of aliphatic hydroxyl groups is 1. The van der Waals surface area contributed by atoms with Crippen molar-refractivity contribution in [1.29, 1.82) is 0 Å². The fourth-order valence-electron chi connectivity index (χ4n) is 1.33. The molecule has 1 aromatic rings. The fourth-order valence-corrected chi connectivity index (χ4v) is 1.33. The highest BCUT2D eigenvalue weighted by molar-refractivity contribution is 5.89. The Balaban J connectivity index is 2.54. The van der Waals surface area contributed by atoms with E-state index in [0.717, 1.165) is 0 Å². The Labute approximate surface area is 103 Å². The quantitative estimate of drug-likeness (QED) is 0.410. The zero-order chi connectivity index (χ0) is 13.5. The highest BCUT2D eigenvalue weighted by Gasteiger charge is 2.11. The molecule has 0 aromatic carbocycles. The minimum absolute atomic E-state index is 0.116. The van der Waals surface area contributed by atoms with Crippen LogP contribution in [0.25, 0.3) is 0 Å². The fraction of sp³-hybridized carbons (Fsp3) is 0.556. The van der Waals surface area contributed by atoms with Crippen molar-refractivity contribution in [2.24, 2.45) is 0 Å². The summed E-state index contributed by atoms with van der Waals surface area (Å²) in [5.74, 6) is -1.11. The molecule has 0 aliphatic carbocycles. The number of rotatable bonds is 6. The number of carbonyl (C=O) groups is 2. The van der Waals surface area contributed by atoms with Gasteiger partial charge in [0, 0.05) is 20.0 Å². The molecule has 0 unspecified atom stereocenters. The van der Waals surface area contributed by atoms with Crippen LogP contribution < -0.4 is 5.48 Å². The minimum Gasteiger partial charge on any atom is -0.395 e. The maximum atomic E-state index is 11.2. The van der Waals surface area contributed by atoms with Crippen molar-refractivity contribution in [2.45, 2.75) is 13.5 Å². The van der Waals surface area contributed by atoms with E-state index >= 15 is 0 Å². The highest BCUT2D eigenvalue weighted by Crippen LogP contribution is 1.94. The Morgan fingerprint density at radius 2 is 2.22 bits per heavy atom. The van der Waals surface area contributed by atoms with Gasteiger partial charge in [0.05, 0.1) is 13.2 Å². The summed E-state index contributed by atoms with van der Waals surface area (Å²) in [4.78, 5) is 27.3. The van der Waals surface area contributed by atoms with Crippen LogP contribution in [0.2, 0.25) is 0 Å². The number of nitrogens with zero attached hydrogens (tertiary/aromatic N) is 4. The molecule has 0 fully saturated rings. The van der Waals surface area contributed by atoms with Gasteiger partial charge in [-0.15, -0.1) is 5.10 Å². The summed E-state index contributed by atoms with van der Waals surface area (Å²) in [5, 5.41) is 21.0. The van der Waals surface area contributed by atoms with Crippen molar-refractivity contribution < 1.29 is 19.9 Å². The predicted molar refractivity (Wildman–Crippen MR) is 58.6 cm³/mol. The number of hydrogen-bond acceptors (Lipinski definition) is 6. The molecule has 1 aromatic heterocycles. The van der Waals surface area contributed by atoms with Crippen LogP contribution in [-0.4, -0.2) is 61.5 Å². The Hall–Kier alpha value is -2.00. The monoisotopic (exact) mass is 257 g/mol. The lowest BCUT2D eigenvalue weighted by atomic mass is 10.4. The lowest BCUT2D eigenvalue weighted by Gasteiger charge is -2.19. The van der Waals surface area contributed by atoms with E-state index in [9.17, 15) is 9.59 Å². The smallest absolute Gasteiger partial charge is 0.314 e. The lowest BCUT2D eigenvalue weighted by Crippen LogP contribution is -2.34. The number of aliphatic hydroxyl groups excluding tert-OH is 1. The van der Waals surface area contributed by atoms with Crippen molar-refractivity contribution in [2.75, 3.05) is 19.7 Å². The van der Waals surface area contributed by atoms with E-state index in [0.29, 0.717) is 13.1 Å². The second-order valence-electron chi connectivity index (χ2n) is 3.50. The van der Waals surface area contributed by atoms with Gasteiger partial charge in [-0.25, -0.2) is 10.5 Å². The maximum absolute atomic E-state index is 11.2. The van der Waals surface area contributed by atoms with Gasteiger partial charge in [0.15, 0.2) is 0 Å². The van der Waals surface area contributed by atoms with Gasteiger partial charge in [-0.1, -0.05) is 0 Å². The molecule has 0 bridgehead atoms. The van der Waals surface area contributed by atoms with Gasteiger partial charge in [0.2, 0.25) is 11.7 Å². The largest absolute Gasteiger partial charge is 0.395 e. The van der Waals surface area contributed by atoms with Gasteiger partial charge >= 0.3 is 5.91 Å². The first-order valence-electron chi connectivity index (χ1n) is 5.28. The van der Waals surface area contributed by atoms with E-state index in [1.54, 1.807) is 0 Å². The lowest BCUT2D eigenvalue weighted by molar-refractivity contribution is -0.129. The summed E-state index contributed by atoms with van der Waals surface area (Å²) in [6.07, 6.45) is 1.32. The number of carbonyl (C=O) groups excluding carboxylic acids is 2. The highest BCUT2D eigenvalue weighted by atomic mass is 16.5. The molecule has 0 saturated heterocycles. The summed E-state index contributed by atoms with van der Waals surface area (Å²) < 4.78 is 1.37. The van der Waals surface area contributed by atoms with Crippen molar-refractivity contribution in [3.05, 3.63) is 12.2 Å². The molecule has 100 valence electrons. The Kier molecular flexibility index (Phi) is 5.21. The molecule has 9 heteroatoms. The molecule has 1 heterocycles. The standard InChI is InChI=1S/C9H15N5O4/c1-7(16)13(4-5-15)2-3-14-6-10-8(11-14)9(17)12-18/h6,15,18H,2-5H2,1H3,(H,12,17). The molecule has 18 heavy (non-hydrogen) atoms. The van der Waals surface area contributed by atoms with E-state index in [1.165, 1.54) is 28.3 Å². The van der Waals surface area contributed by atoms with Gasteiger partial charge in [-0.05, 0) is 0 Å². The van der Waals surface area contributed by atoms with E-state index in [4.69, 9.17) is 10.3 Å². The molecule has 0 spiro atoms. The number of aromatic nitrogens is 3. The van der Waals surface area contributed by atoms with E-state index in [-0.39, 0.29) is 24.9 Å².